The van der Waals surface area contributed by atoms with Crippen molar-refractivity contribution in [2.24, 2.45) is 0 Å². The first-order chi connectivity index (χ1) is 16.3. The van der Waals surface area contributed by atoms with Crippen molar-refractivity contribution in [1.29, 1.82) is 0 Å². The maximum absolute atomic E-state index is 5.98. The van der Waals surface area contributed by atoms with Crippen molar-refractivity contribution < 1.29 is 4.74 Å². The lowest BCUT2D eigenvalue weighted by molar-refractivity contribution is 0.305. The first-order valence-corrected chi connectivity index (χ1v) is 12.2. The third-order valence-corrected chi connectivity index (χ3v) is 6.92. The summed E-state index contributed by atoms with van der Waals surface area (Å²) in [6, 6.07) is 33.3. The van der Waals surface area contributed by atoms with Gasteiger partial charge in [-0.05, 0) is 84.9 Å². The van der Waals surface area contributed by atoms with Gasteiger partial charge in [0.15, 0.2) is 0 Å². The van der Waals surface area contributed by atoms with Crippen molar-refractivity contribution in [1.82, 2.24) is 0 Å². The van der Waals surface area contributed by atoms with E-state index in [2.05, 4.69) is 97.9 Å². The summed E-state index contributed by atoms with van der Waals surface area (Å²) in [5, 5.41) is 10.6. The van der Waals surface area contributed by atoms with Crippen LogP contribution in [-0.2, 0) is 0 Å². The number of ether oxygens (including phenoxy) is 1. The highest BCUT2D eigenvalue weighted by atomic mass is 16.5. The molecule has 1 heteroatoms. The van der Waals surface area contributed by atoms with E-state index >= 15 is 0 Å². The first-order valence-electron chi connectivity index (χ1n) is 12.2. The Balaban J connectivity index is 1.47. The Morgan fingerprint density at radius 1 is 0.576 bits per heavy atom. The minimum atomic E-state index is 0.795. The Morgan fingerprint density at radius 2 is 1.36 bits per heavy atom. The fraction of sp³-hybridized carbons (Fsp3) is 0.188. The second-order valence-electron chi connectivity index (χ2n) is 9.07. The molecule has 0 saturated heterocycles. The van der Waals surface area contributed by atoms with Gasteiger partial charge >= 0.3 is 0 Å². The van der Waals surface area contributed by atoms with E-state index in [1.807, 2.05) is 0 Å². The highest BCUT2D eigenvalue weighted by Crippen LogP contribution is 2.42. The van der Waals surface area contributed by atoms with Crippen molar-refractivity contribution >= 4 is 43.1 Å². The zero-order valence-electron chi connectivity index (χ0n) is 19.1. The van der Waals surface area contributed by atoms with Gasteiger partial charge < -0.3 is 4.74 Å². The molecule has 1 nitrogen and oxygen atoms in total. The monoisotopic (exact) mass is 428 g/mol. The van der Waals surface area contributed by atoms with E-state index in [-0.39, 0.29) is 0 Å². The van der Waals surface area contributed by atoms with E-state index in [1.165, 1.54) is 73.5 Å². The lowest BCUT2D eigenvalue weighted by atomic mass is 9.87. The van der Waals surface area contributed by atoms with Crippen LogP contribution < -0.4 is 4.74 Å². The Bertz CT molecular complexity index is 1560. The summed E-state index contributed by atoms with van der Waals surface area (Å²) in [5.74, 6) is 0.957. The molecule has 0 radical (unpaired) electrons. The molecule has 6 aromatic carbocycles. The zero-order valence-corrected chi connectivity index (χ0v) is 19.1. The first kappa shape index (κ1) is 20.1. The second kappa shape index (κ2) is 8.41. The van der Waals surface area contributed by atoms with E-state index < -0.39 is 0 Å². The molecule has 0 spiro atoms. The van der Waals surface area contributed by atoms with Gasteiger partial charge in [0.25, 0.3) is 0 Å². The van der Waals surface area contributed by atoms with Crippen LogP contribution >= 0.6 is 0 Å². The van der Waals surface area contributed by atoms with Gasteiger partial charge in [0, 0.05) is 0 Å². The highest BCUT2D eigenvalue weighted by molar-refractivity contribution is 6.31. The number of rotatable bonds is 7. The number of hydrogen-bond donors (Lipinski definition) is 0. The van der Waals surface area contributed by atoms with Gasteiger partial charge in [0.1, 0.15) is 5.75 Å². The number of benzene rings is 6. The van der Waals surface area contributed by atoms with Crippen LogP contribution in [0.3, 0.4) is 0 Å². The summed E-state index contributed by atoms with van der Waals surface area (Å²) >= 11 is 0. The Labute approximate surface area is 194 Å². The van der Waals surface area contributed by atoms with Crippen LogP contribution in [0.25, 0.3) is 54.2 Å². The molecule has 6 aromatic rings. The molecule has 0 N–H and O–H groups in total. The van der Waals surface area contributed by atoms with Crippen molar-refractivity contribution in [3.63, 3.8) is 0 Å². The average molecular weight is 429 g/mol. The maximum Gasteiger partial charge on any atom is 0.119 e. The molecule has 0 heterocycles. The minimum Gasteiger partial charge on any atom is -0.494 e. The van der Waals surface area contributed by atoms with Crippen LogP contribution in [0.2, 0.25) is 0 Å². The molecule has 0 aliphatic heterocycles. The van der Waals surface area contributed by atoms with E-state index in [4.69, 9.17) is 4.74 Å². The van der Waals surface area contributed by atoms with Crippen LogP contribution in [0.4, 0.5) is 0 Å². The Morgan fingerprint density at radius 3 is 2.24 bits per heavy atom. The summed E-state index contributed by atoms with van der Waals surface area (Å²) in [7, 11) is 0. The van der Waals surface area contributed by atoms with E-state index in [0.717, 1.165) is 18.8 Å². The van der Waals surface area contributed by atoms with Crippen LogP contribution in [0, 0.1) is 0 Å². The lowest BCUT2D eigenvalue weighted by Crippen LogP contribution is -1.97. The van der Waals surface area contributed by atoms with Crippen LogP contribution in [0.15, 0.2) is 91.0 Å². The average Bonchev–Trinajstić information content (AvgIpc) is 2.87. The second-order valence-corrected chi connectivity index (χ2v) is 9.07. The maximum atomic E-state index is 5.98. The molecule has 0 aliphatic rings. The number of hydrogen-bond acceptors (Lipinski definition) is 1. The molecule has 0 bridgehead atoms. The predicted molar refractivity (Wildman–Crippen MR) is 143 cm³/mol. The molecule has 33 heavy (non-hydrogen) atoms. The molecule has 0 amide bonds. The SMILES string of the molecule is CCCCCCOc1ccc(-c2cc3cc4ccccc4c4ccc5cccc2c5c34)cc1. The smallest absolute Gasteiger partial charge is 0.119 e. The third kappa shape index (κ3) is 3.49. The zero-order chi connectivity index (χ0) is 22.2. The molecule has 0 unspecified atom stereocenters. The van der Waals surface area contributed by atoms with E-state index in [1.54, 1.807) is 0 Å². The van der Waals surface area contributed by atoms with Gasteiger partial charge in [-0.3, -0.25) is 0 Å². The molecule has 0 atom stereocenters. The highest BCUT2D eigenvalue weighted by Gasteiger charge is 2.15. The largest absolute Gasteiger partial charge is 0.494 e. The van der Waals surface area contributed by atoms with Crippen LogP contribution in [0.5, 0.6) is 5.75 Å². The number of unbranched alkanes of at least 4 members (excludes halogenated alkanes) is 3. The van der Waals surface area contributed by atoms with E-state index in [0.29, 0.717) is 0 Å². The van der Waals surface area contributed by atoms with E-state index in [9.17, 15) is 0 Å². The quantitative estimate of drug-likeness (QED) is 0.140. The molecular weight excluding hydrogens is 400 g/mol. The molecule has 0 aliphatic carbocycles. The van der Waals surface area contributed by atoms with Crippen molar-refractivity contribution in [3.8, 4) is 16.9 Å². The third-order valence-electron chi connectivity index (χ3n) is 6.92. The Kier molecular flexibility index (Phi) is 5.11. The summed E-state index contributed by atoms with van der Waals surface area (Å²) in [4.78, 5) is 0. The van der Waals surface area contributed by atoms with Gasteiger partial charge in [0.05, 0.1) is 6.61 Å². The molecule has 0 saturated carbocycles. The summed E-state index contributed by atoms with van der Waals surface area (Å²) < 4.78 is 5.98. The molecule has 0 aromatic heterocycles. The van der Waals surface area contributed by atoms with Gasteiger partial charge in [-0.25, -0.2) is 0 Å². The Hall–Kier alpha value is -3.58. The molecular formula is C32H28O. The van der Waals surface area contributed by atoms with Crippen molar-refractivity contribution in [2.45, 2.75) is 32.6 Å². The normalized spacial score (nSPS) is 11.8. The van der Waals surface area contributed by atoms with Crippen molar-refractivity contribution in [2.75, 3.05) is 6.61 Å². The summed E-state index contributed by atoms with van der Waals surface area (Å²) in [6.07, 6.45) is 4.90. The van der Waals surface area contributed by atoms with Gasteiger partial charge in [-0.1, -0.05) is 92.9 Å². The summed E-state index contributed by atoms with van der Waals surface area (Å²) in [6.45, 7) is 3.03. The minimum absolute atomic E-state index is 0.795. The number of fused-ring (bicyclic) bond motifs is 2. The molecule has 6 rings (SSSR count). The van der Waals surface area contributed by atoms with Gasteiger partial charge in [-0.15, -0.1) is 0 Å². The van der Waals surface area contributed by atoms with Gasteiger partial charge in [0.2, 0.25) is 0 Å². The summed E-state index contributed by atoms with van der Waals surface area (Å²) in [5.41, 5.74) is 2.52. The standard InChI is InChI=1S/C32H28O/c1-2-3-4-7-19-33-26-16-13-22(14-17-26)30-21-25-20-24-9-5-6-11-27(24)29-18-15-23-10-8-12-28(30)31(23)32(25)29/h5-6,8-18,20-21H,2-4,7,19H2,1H3. The fourth-order valence-electron chi connectivity index (χ4n) is 5.27. The topological polar surface area (TPSA) is 9.23 Å². The fourth-order valence-corrected chi connectivity index (χ4v) is 5.27. The molecule has 162 valence electrons. The molecule has 0 fully saturated rings. The van der Waals surface area contributed by atoms with Gasteiger partial charge in [-0.2, -0.15) is 0 Å². The predicted octanol–water partition coefficient (Wildman–Crippen LogP) is 9.36. The van der Waals surface area contributed by atoms with Crippen molar-refractivity contribution in [3.05, 3.63) is 91.0 Å². The van der Waals surface area contributed by atoms with Crippen LogP contribution in [0.1, 0.15) is 32.6 Å². The lowest BCUT2D eigenvalue weighted by Gasteiger charge is -2.17. The van der Waals surface area contributed by atoms with Crippen LogP contribution in [-0.4, -0.2) is 6.61 Å².